The van der Waals surface area contributed by atoms with Crippen molar-refractivity contribution in [2.75, 3.05) is 0 Å². The van der Waals surface area contributed by atoms with Crippen LogP contribution in [0.15, 0.2) is 30.6 Å². The van der Waals surface area contributed by atoms with Crippen LogP contribution in [0.4, 0.5) is 0 Å². The Morgan fingerprint density at radius 3 is 3.00 bits per heavy atom. The summed E-state index contributed by atoms with van der Waals surface area (Å²) in [7, 11) is 0. The second-order valence-corrected chi connectivity index (χ2v) is 3.82. The molecule has 0 atom stereocenters. The fourth-order valence-electron chi connectivity index (χ4n) is 1.38. The van der Waals surface area contributed by atoms with Crippen molar-refractivity contribution in [2.45, 2.75) is 13.5 Å². The van der Waals surface area contributed by atoms with Gasteiger partial charge in [-0.15, -0.1) is 0 Å². The van der Waals surface area contributed by atoms with Gasteiger partial charge in [-0.2, -0.15) is 10.4 Å². The lowest BCUT2D eigenvalue weighted by Gasteiger charge is -2.04. The van der Waals surface area contributed by atoms with Crippen molar-refractivity contribution < 1.29 is 4.74 Å². The van der Waals surface area contributed by atoms with Crippen molar-refractivity contribution in [3.05, 3.63) is 41.2 Å². The highest BCUT2D eigenvalue weighted by Crippen LogP contribution is 2.26. The van der Waals surface area contributed by atoms with E-state index < -0.39 is 0 Å². The van der Waals surface area contributed by atoms with Gasteiger partial charge in [-0.1, -0.05) is 11.6 Å². The molecule has 0 aliphatic heterocycles. The number of aromatic nitrogens is 2. The van der Waals surface area contributed by atoms with Crippen molar-refractivity contribution in [1.29, 1.82) is 5.26 Å². The number of halogens is 1. The summed E-state index contributed by atoms with van der Waals surface area (Å²) in [6.45, 7) is 2.76. The highest BCUT2D eigenvalue weighted by atomic mass is 35.5. The molecule has 86 valence electrons. The Morgan fingerprint density at radius 1 is 1.53 bits per heavy atom. The van der Waals surface area contributed by atoms with Crippen LogP contribution in [0.2, 0.25) is 5.02 Å². The lowest BCUT2D eigenvalue weighted by molar-refractivity contribution is 0.479. The molecule has 0 aliphatic carbocycles. The minimum absolute atomic E-state index is 0.404. The van der Waals surface area contributed by atoms with Crippen LogP contribution < -0.4 is 4.74 Å². The minimum Gasteiger partial charge on any atom is -0.453 e. The van der Waals surface area contributed by atoms with E-state index in [1.54, 1.807) is 35.3 Å². The Hall–Kier alpha value is -1.99. The van der Waals surface area contributed by atoms with Crippen molar-refractivity contribution in [3.63, 3.8) is 0 Å². The monoisotopic (exact) mass is 247 g/mol. The van der Waals surface area contributed by atoms with Gasteiger partial charge in [0.2, 0.25) is 0 Å². The summed E-state index contributed by atoms with van der Waals surface area (Å²) in [5, 5.41) is 13.6. The zero-order valence-electron chi connectivity index (χ0n) is 9.22. The first-order chi connectivity index (χ1) is 8.22. The second kappa shape index (κ2) is 4.89. The molecule has 0 fully saturated rings. The SMILES string of the molecule is CCn1cc(Oc2ccc(Cl)cc2C#N)cn1. The van der Waals surface area contributed by atoms with E-state index in [-0.39, 0.29) is 0 Å². The molecule has 0 N–H and O–H groups in total. The van der Waals surface area contributed by atoms with Crippen molar-refractivity contribution >= 4 is 11.6 Å². The molecule has 0 spiro atoms. The van der Waals surface area contributed by atoms with Gasteiger partial charge in [0.25, 0.3) is 0 Å². The number of benzene rings is 1. The zero-order chi connectivity index (χ0) is 12.3. The largest absolute Gasteiger partial charge is 0.453 e. The number of hydrogen-bond acceptors (Lipinski definition) is 3. The quantitative estimate of drug-likeness (QED) is 0.837. The van der Waals surface area contributed by atoms with Crippen LogP contribution in [0.25, 0.3) is 0 Å². The van der Waals surface area contributed by atoms with Crippen molar-refractivity contribution in [3.8, 4) is 17.6 Å². The lowest BCUT2D eigenvalue weighted by Crippen LogP contribution is -1.92. The minimum atomic E-state index is 0.404. The fraction of sp³-hybridized carbons (Fsp3) is 0.167. The van der Waals surface area contributed by atoms with Crippen LogP contribution in [0.5, 0.6) is 11.5 Å². The van der Waals surface area contributed by atoms with Gasteiger partial charge in [0.05, 0.1) is 18.0 Å². The molecule has 1 heterocycles. The number of ether oxygens (including phenoxy) is 1. The van der Waals surface area contributed by atoms with E-state index in [2.05, 4.69) is 5.10 Å². The summed E-state index contributed by atoms with van der Waals surface area (Å²) >= 11 is 5.80. The molecule has 5 heteroatoms. The molecule has 2 rings (SSSR count). The number of rotatable bonds is 3. The molecule has 1 aromatic heterocycles. The number of hydrogen-bond donors (Lipinski definition) is 0. The maximum absolute atomic E-state index is 8.96. The van der Waals surface area contributed by atoms with Gasteiger partial charge < -0.3 is 4.74 Å². The van der Waals surface area contributed by atoms with Crippen LogP contribution in [0.3, 0.4) is 0 Å². The standard InChI is InChI=1S/C12H10ClN3O/c1-2-16-8-11(7-15-16)17-12-4-3-10(13)5-9(12)6-14/h3-5,7-8H,2H2,1H3. The van der Waals surface area contributed by atoms with Gasteiger partial charge in [-0.25, -0.2) is 0 Å². The summed E-state index contributed by atoms with van der Waals surface area (Å²) in [6, 6.07) is 6.96. The molecule has 2 aromatic rings. The third-order valence-corrected chi connectivity index (χ3v) is 2.46. The van der Waals surface area contributed by atoms with Crippen LogP contribution in [-0.2, 0) is 6.54 Å². The molecule has 0 bridgehead atoms. The highest BCUT2D eigenvalue weighted by Gasteiger charge is 2.06. The van der Waals surface area contributed by atoms with E-state index in [0.29, 0.717) is 22.1 Å². The first-order valence-electron chi connectivity index (χ1n) is 5.13. The normalized spacial score (nSPS) is 9.94. The second-order valence-electron chi connectivity index (χ2n) is 3.39. The van der Waals surface area contributed by atoms with E-state index in [9.17, 15) is 0 Å². The van der Waals surface area contributed by atoms with E-state index >= 15 is 0 Å². The molecular weight excluding hydrogens is 238 g/mol. The van der Waals surface area contributed by atoms with Gasteiger partial charge >= 0.3 is 0 Å². The first-order valence-corrected chi connectivity index (χ1v) is 5.50. The van der Waals surface area contributed by atoms with Gasteiger partial charge in [0.1, 0.15) is 11.8 Å². The predicted molar refractivity (Wildman–Crippen MR) is 64.1 cm³/mol. The molecule has 0 saturated heterocycles. The van der Waals surface area contributed by atoms with Crippen molar-refractivity contribution in [2.24, 2.45) is 0 Å². The van der Waals surface area contributed by atoms with E-state index in [1.807, 2.05) is 13.0 Å². The average molecular weight is 248 g/mol. The molecule has 0 saturated carbocycles. The number of nitrogens with zero attached hydrogens (tertiary/aromatic N) is 3. The molecule has 0 amide bonds. The van der Waals surface area contributed by atoms with Crippen LogP contribution in [0, 0.1) is 11.3 Å². The molecule has 0 aliphatic rings. The summed E-state index contributed by atoms with van der Waals surface area (Å²) in [5.74, 6) is 1.08. The van der Waals surface area contributed by atoms with Gasteiger partial charge in [0, 0.05) is 11.6 Å². The maximum atomic E-state index is 8.96. The topological polar surface area (TPSA) is 50.8 Å². The fourth-order valence-corrected chi connectivity index (χ4v) is 1.55. The number of aryl methyl sites for hydroxylation is 1. The maximum Gasteiger partial charge on any atom is 0.165 e. The Bertz CT molecular complexity index is 571. The van der Waals surface area contributed by atoms with Crippen LogP contribution in [0.1, 0.15) is 12.5 Å². The van der Waals surface area contributed by atoms with E-state index in [0.717, 1.165) is 6.54 Å². The molecule has 4 nitrogen and oxygen atoms in total. The smallest absolute Gasteiger partial charge is 0.165 e. The average Bonchev–Trinajstić information content (AvgIpc) is 2.79. The highest BCUT2D eigenvalue weighted by molar-refractivity contribution is 6.30. The summed E-state index contributed by atoms with van der Waals surface area (Å²) in [5.41, 5.74) is 0.404. The van der Waals surface area contributed by atoms with Gasteiger partial charge in [-0.3, -0.25) is 4.68 Å². The Labute approximate surface area is 104 Å². The first kappa shape index (κ1) is 11.5. The lowest BCUT2D eigenvalue weighted by atomic mass is 10.2. The third-order valence-electron chi connectivity index (χ3n) is 2.22. The Morgan fingerprint density at radius 2 is 2.35 bits per heavy atom. The zero-order valence-corrected chi connectivity index (χ0v) is 9.98. The van der Waals surface area contributed by atoms with E-state index in [1.165, 1.54) is 0 Å². The summed E-state index contributed by atoms with van der Waals surface area (Å²) in [6.07, 6.45) is 3.38. The van der Waals surface area contributed by atoms with Crippen LogP contribution >= 0.6 is 11.6 Å². The van der Waals surface area contributed by atoms with Gasteiger partial charge in [0.15, 0.2) is 5.75 Å². The molecule has 1 aromatic carbocycles. The Balaban J connectivity index is 2.27. The molecule has 0 radical (unpaired) electrons. The van der Waals surface area contributed by atoms with Gasteiger partial charge in [-0.05, 0) is 25.1 Å². The van der Waals surface area contributed by atoms with E-state index in [4.69, 9.17) is 21.6 Å². The summed E-state index contributed by atoms with van der Waals surface area (Å²) in [4.78, 5) is 0. The Kier molecular flexibility index (Phi) is 3.31. The van der Waals surface area contributed by atoms with Crippen molar-refractivity contribution in [1.82, 2.24) is 9.78 Å². The molecular formula is C12H10ClN3O. The molecule has 17 heavy (non-hydrogen) atoms. The summed E-state index contributed by atoms with van der Waals surface area (Å²) < 4.78 is 7.32. The number of nitriles is 1. The predicted octanol–water partition coefficient (Wildman–Crippen LogP) is 3.22. The van der Waals surface area contributed by atoms with Crippen LogP contribution in [-0.4, -0.2) is 9.78 Å². The third kappa shape index (κ3) is 2.58. The molecule has 0 unspecified atom stereocenters.